The Morgan fingerprint density at radius 2 is 2.05 bits per heavy atom. The van der Waals surface area contributed by atoms with E-state index >= 15 is 0 Å². The van der Waals surface area contributed by atoms with Gasteiger partial charge in [0.1, 0.15) is 6.10 Å². The van der Waals surface area contributed by atoms with Crippen LogP contribution in [0.3, 0.4) is 0 Å². The lowest BCUT2D eigenvalue weighted by molar-refractivity contribution is 0.0367. The number of carbonyl (C=O) groups excluding carboxylic acids is 2. The predicted octanol–water partition coefficient (Wildman–Crippen LogP) is 2.89. The third kappa shape index (κ3) is 2.41. The largest absolute Gasteiger partial charge is 0.504 e. The zero-order chi connectivity index (χ0) is 15.7. The topological polar surface area (TPSA) is 72.8 Å². The monoisotopic (exact) mass is 298 g/mol. The van der Waals surface area contributed by atoms with E-state index in [9.17, 15) is 14.7 Å². The number of phenols is 1. The molecule has 0 saturated carbocycles. The minimum Gasteiger partial charge on any atom is -0.504 e. The second-order valence-corrected chi connectivity index (χ2v) is 5.00. The summed E-state index contributed by atoms with van der Waals surface area (Å²) in [5.41, 5.74) is 1.63. The van der Waals surface area contributed by atoms with E-state index in [-0.39, 0.29) is 23.7 Å². The molecular weight excluding hydrogens is 284 g/mol. The van der Waals surface area contributed by atoms with Crippen molar-refractivity contribution in [2.24, 2.45) is 0 Å². The average molecular weight is 298 g/mol. The minimum absolute atomic E-state index is 0.0308. The Labute approximate surface area is 127 Å². The molecule has 5 nitrogen and oxygen atoms in total. The van der Waals surface area contributed by atoms with Crippen molar-refractivity contribution in [2.45, 2.75) is 12.5 Å². The normalized spacial score (nSPS) is 16.0. The van der Waals surface area contributed by atoms with Crippen molar-refractivity contribution in [3.8, 4) is 11.5 Å². The van der Waals surface area contributed by atoms with Crippen molar-refractivity contribution < 1.29 is 24.2 Å². The maximum Gasteiger partial charge on any atom is 0.339 e. The van der Waals surface area contributed by atoms with Crippen LogP contribution in [0.4, 0.5) is 0 Å². The highest BCUT2D eigenvalue weighted by atomic mass is 16.5. The molecule has 0 radical (unpaired) electrons. The second kappa shape index (κ2) is 5.52. The highest BCUT2D eigenvalue weighted by Gasteiger charge is 2.32. The molecule has 1 aliphatic heterocycles. The molecule has 112 valence electrons. The van der Waals surface area contributed by atoms with Crippen LogP contribution in [0.2, 0.25) is 0 Å². The fourth-order valence-electron chi connectivity index (χ4n) is 2.51. The fraction of sp³-hybridized carbons (Fsp3) is 0.176. The lowest BCUT2D eigenvalue weighted by atomic mass is 9.98. The van der Waals surface area contributed by atoms with Gasteiger partial charge in [0, 0.05) is 11.1 Å². The molecule has 0 saturated heterocycles. The zero-order valence-corrected chi connectivity index (χ0v) is 11.9. The van der Waals surface area contributed by atoms with Gasteiger partial charge in [-0.15, -0.1) is 0 Å². The van der Waals surface area contributed by atoms with E-state index in [1.807, 2.05) is 6.07 Å². The molecule has 0 aromatic heterocycles. The molecule has 1 heterocycles. The van der Waals surface area contributed by atoms with Gasteiger partial charge < -0.3 is 14.6 Å². The molecule has 3 rings (SSSR count). The van der Waals surface area contributed by atoms with Crippen LogP contribution in [0.1, 0.15) is 38.8 Å². The summed E-state index contributed by atoms with van der Waals surface area (Å²) in [6.07, 6.45) is -0.521. The number of ether oxygens (including phenoxy) is 2. The smallest absolute Gasteiger partial charge is 0.339 e. The number of fused-ring (bicyclic) bond motifs is 1. The van der Waals surface area contributed by atoms with Crippen molar-refractivity contribution in [1.29, 1.82) is 0 Å². The van der Waals surface area contributed by atoms with Crippen molar-refractivity contribution in [2.75, 3.05) is 7.11 Å². The van der Waals surface area contributed by atoms with Crippen molar-refractivity contribution in [3.05, 3.63) is 59.2 Å². The SMILES string of the molecule is COc1cc(C(=O)CC2OC(=O)c3ccccc32)ccc1O. The number of methoxy groups -OCH3 is 1. The lowest BCUT2D eigenvalue weighted by Crippen LogP contribution is -2.08. The van der Waals surface area contributed by atoms with Gasteiger partial charge in [-0.2, -0.15) is 0 Å². The van der Waals surface area contributed by atoms with E-state index in [1.165, 1.54) is 25.3 Å². The van der Waals surface area contributed by atoms with E-state index in [2.05, 4.69) is 0 Å². The number of ketones is 1. The Hall–Kier alpha value is -2.82. The highest BCUT2D eigenvalue weighted by molar-refractivity contribution is 5.99. The molecule has 1 N–H and O–H groups in total. The van der Waals surface area contributed by atoms with Crippen LogP contribution in [0.25, 0.3) is 0 Å². The molecule has 1 atom stereocenters. The van der Waals surface area contributed by atoms with Gasteiger partial charge >= 0.3 is 5.97 Å². The maximum absolute atomic E-state index is 12.4. The van der Waals surface area contributed by atoms with Crippen molar-refractivity contribution in [3.63, 3.8) is 0 Å². The molecule has 1 unspecified atom stereocenters. The summed E-state index contributed by atoms with van der Waals surface area (Å²) >= 11 is 0. The van der Waals surface area contributed by atoms with Crippen LogP contribution < -0.4 is 4.74 Å². The first kappa shape index (κ1) is 14.1. The molecule has 0 spiro atoms. The number of hydrogen-bond acceptors (Lipinski definition) is 5. The number of hydrogen-bond donors (Lipinski definition) is 1. The molecule has 0 amide bonds. The van der Waals surface area contributed by atoms with Gasteiger partial charge in [-0.1, -0.05) is 18.2 Å². The van der Waals surface area contributed by atoms with Crippen LogP contribution >= 0.6 is 0 Å². The number of esters is 1. The molecule has 2 aromatic rings. The number of benzene rings is 2. The molecule has 2 aromatic carbocycles. The van der Waals surface area contributed by atoms with Gasteiger partial charge in [-0.25, -0.2) is 4.79 Å². The van der Waals surface area contributed by atoms with E-state index < -0.39 is 12.1 Å². The molecular formula is C17H14O5. The summed E-state index contributed by atoms with van der Waals surface area (Å²) in [4.78, 5) is 24.1. The Bertz CT molecular complexity index is 750. The van der Waals surface area contributed by atoms with Crippen LogP contribution in [0, 0.1) is 0 Å². The Morgan fingerprint density at radius 1 is 1.27 bits per heavy atom. The summed E-state index contributed by atoms with van der Waals surface area (Å²) < 4.78 is 10.3. The fourth-order valence-corrected chi connectivity index (χ4v) is 2.51. The van der Waals surface area contributed by atoms with Gasteiger partial charge in [0.05, 0.1) is 19.1 Å². The number of cyclic esters (lactones) is 1. The van der Waals surface area contributed by atoms with Gasteiger partial charge in [-0.05, 0) is 24.3 Å². The van der Waals surface area contributed by atoms with Crippen LogP contribution in [0.15, 0.2) is 42.5 Å². The predicted molar refractivity (Wildman–Crippen MR) is 78.2 cm³/mol. The van der Waals surface area contributed by atoms with Gasteiger partial charge in [-0.3, -0.25) is 4.79 Å². The molecule has 5 heteroatoms. The Balaban J connectivity index is 1.82. The van der Waals surface area contributed by atoms with Crippen LogP contribution in [0.5, 0.6) is 11.5 Å². The van der Waals surface area contributed by atoms with Gasteiger partial charge in [0.2, 0.25) is 0 Å². The summed E-state index contributed by atoms with van der Waals surface area (Å²) in [6.45, 7) is 0. The van der Waals surface area contributed by atoms with Gasteiger partial charge in [0.25, 0.3) is 0 Å². The summed E-state index contributed by atoms with van der Waals surface area (Å²) in [6, 6.07) is 11.4. The molecule has 22 heavy (non-hydrogen) atoms. The van der Waals surface area contributed by atoms with Crippen LogP contribution in [-0.2, 0) is 4.74 Å². The first-order chi connectivity index (χ1) is 10.6. The number of rotatable bonds is 4. The molecule has 0 fully saturated rings. The third-order valence-corrected chi connectivity index (χ3v) is 3.65. The standard InChI is InChI=1S/C17H14O5/c1-21-16-8-10(6-7-13(16)18)14(19)9-15-11-4-2-3-5-12(11)17(20)22-15/h2-8,15,18H,9H2,1H3. The third-order valence-electron chi connectivity index (χ3n) is 3.65. The van der Waals surface area contributed by atoms with E-state index in [0.29, 0.717) is 11.1 Å². The zero-order valence-electron chi connectivity index (χ0n) is 11.9. The summed E-state index contributed by atoms with van der Waals surface area (Å²) in [5.74, 6) is -0.393. The van der Waals surface area contributed by atoms with Crippen molar-refractivity contribution >= 4 is 11.8 Å². The van der Waals surface area contributed by atoms with Crippen molar-refractivity contribution in [1.82, 2.24) is 0 Å². The van der Waals surface area contributed by atoms with Crippen LogP contribution in [-0.4, -0.2) is 24.0 Å². The van der Waals surface area contributed by atoms with E-state index in [0.717, 1.165) is 5.56 Å². The number of carbonyl (C=O) groups is 2. The van der Waals surface area contributed by atoms with E-state index in [4.69, 9.17) is 9.47 Å². The number of aromatic hydroxyl groups is 1. The molecule has 0 aliphatic carbocycles. The number of Topliss-reactive ketones (excluding diaryl/α,β-unsaturated/α-hetero) is 1. The quantitative estimate of drug-likeness (QED) is 0.694. The Kier molecular flexibility index (Phi) is 3.55. The number of phenolic OH excluding ortho intramolecular Hbond substituents is 1. The average Bonchev–Trinajstić information content (AvgIpc) is 2.84. The second-order valence-electron chi connectivity index (χ2n) is 5.00. The van der Waals surface area contributed by atoms with Gasteiger partial charge in [0.15, 0.2) is 17.3 Å². The summed E-state index contributed by atoms with van der Waals surface area (Å²) in [5, 5.41) is 9.56. The lowest BCUT2D eigenvalue weighted by Gasteiger charge is -2.11. The first-order valence-electron chi connectivity index (χ1n) is 6.80. The minimum atomic E-state index is -0.573. The first-order valence-corrected chi connectivity index (χ1v) is 6.80. The van der Waals surface area contributed by atoms with E-state index in [1.54, 1.807) is 18.2 Å². The molecule has 0 bridgehead atoms. The Morgan fingerprint density at radius 3 is 2.82 bits per heavy atom. The maximum atomic E-state index is 12.4. The summed E-state index contributed by atoms with van der Waals surface area (Å²) in [7, 11) is 1.41. The molecule has 1 aliphatic rings. The highest BCUT2D eigenvalue weighted by Crippen LogP contribution is 2.34.